The van der Waals surface area contributed by atoms with Gasteiger partial charge in [-0.15, -0.1) is 11.6 Å². The second-order valence-electron chi connectivity index (χ2n) is 2.75. The van der Waals surface area contributed by atoms with E-state index in [-0.39, 0.29) is 11.6 Å². The highest BCUT2D eigenvalue weighted by atomic mass is 35.5. The van der Waals surface area contributed by atoms with Crippen molar-refractivity contribution in [2.24, 2.45) is 0 Å². The van der Waals surface area contributed by atoms with Crippen LogP contribution in [0.15, 0.2) is 12.3 Å². The fourth-order valence-electron chi connectivity index (χ4n) is 0.998. The molecule has 0 aliphatic heterocycles. The molecule has 16 heavy (non-hydrogen) atoms. The second-order valence-corrected chi connectivity index (χ2v) is 3.13. The molecule has 0 aromatic carbocycles. The van der Waals surface area contributed by atoms with Crippen LogP contribution in [0.25, 0.3) is 0 Å². The van der Waals surface area contributed by atoms with Gasteiger partial charge in [0.1, 0.15) is 6.20 Å². The van der Waals surface area contributed by atoms with Gasteiger partial charge in [0.25, 0.3) is 5.69 Å². The molecule has 5 nitrogen and oxygen atoms in total. The zero-order valence-electron chi connectivity index (χ0n) is 8.57. The maximum atomic E-state index is 10.5. The summed E-state index contributed by atoms with van der Waals surface area (Å²) in [6.07, 6.45) is 1.64. The summed E-state index contributed by atoms with van der Waals surface area (Å²) in [6.45, 7) is 0. The van der Waals surface area contributed by atoms with Crippen molar-refractivity contribution in [1.82, 2.24) is 4.98 Å². The highest BCUT2D eigenvalue weighted by Gasteiger charge is 2.10. The Morgan fingerprint density at radius 3 is 3.00 bits per heavy atom. The highest BCUT2D eigenvalue weighted by molar-refractivity contribution is 6.18. The number of pyridine rings is 1. The van der Waals surface area contributed by atoms with E-state index in [1.807, 2.05) is 0 Å². The van der Waals surface area contributed by atoms with Gasteiger partial charge in [-0.1, -0.05) is 11.8 Å². The Morgan fingerprint density at radius 2 is 2.44 bits per heavy atom. The van der Waals surface area contributed by atoms with Crippen LogP contribution in [0.1, 0.15) is 12.0 Å². The Morgan fingerprint density at radius 1 is 1.69 bits per heavy atom. The first-order chi connectivity index (χ1) is 7.69. The summed E-state index contributed by atoms with van der Waals surface area (Å²) in [5.74, 6) is 6.19. The lowest BCUT2D eigenvalue weighted by Crippen LogP contribution is -1.95. The molecule has 0 fully saturated rings. The number of ether oxygens (including phenoxy) is 1. The minimum Gasteiger partial charge on any atom is -0.480 e. The number of rotatable bonds is 3. The van der Waals surface area contributed by atoms with Gasteiger partial charge in [-0.2, -0.15) is 0 Å². The van der Waals surface area contributed by atoms with E-state index in [4.69, 9.17) is 16.3 Å². The summed E-state index contributed by atoms with van der Waals surface area (Å²) in [5, 5.41) is 10.5. The van der Waals surface area contributed by atoms with Crippen LogP contribution < -0.4 is 4.74 Å². The van der Waals surface area contributed by atoms with Crippen LogP contribution in [0.4, 0.5) is 5.69 Å². The number of hydrogen-bond acceptors (Lipinski definition) is 4. The molecule has 1 rings (SSSR count). The van der Waals surface area contributed by atoms with Gasteiger partial charge in [-0.05, 0) is 0 Å². The number of nitro groups is 1. The van der Waals surface area contributed by atoms with Gasteiger partial charge < -0.3 is 4.74 Å². The van der Waals surface area contributed by atoms with Gasteiger partial charge in [-0.25, -0.2) is 4.98 Å². The normalized spacial score (nSPS) is 9.12. The number of methoxy groups -OCH3 is 1. The molecule has 6 heteroatoms. The number of hydrogen-bond donors (Lipinski definition) is 0. The van der Waals surface area contributed by atoms with Crippen molar-refractivity contribution >= 4 is 17.3 Å². The fraction of sp³-hybridized carbons (Fsp3) is 0.300. The Labute approximate surface area is 97.5 Å². The molecular formula is C10H9ClN2O3. The van der Waals surface area contributed by atoms with Crippen molar-refractivity contribution in [3.63, 3.8) is 0 Å². The van der Waals surface area contributed by atoms with Gasteiger partial charge in [0.15, 0.2) is 0 Å². The fourth-order valence-corrected chi connectivity index (χ4v) is 1.09. The van der Waals surface area contributed by atoms with Crippen molar-refractivity contribution in [3.8, 4) is 17.7 Å². The quantitative estimate of drug-likeness (QED) is 0.351. The van der Waals surface area contributed by atoms with Crippen LogP contribution >= 0.6 is 11.6 Å². The maximum Gasteiger partial charge on any atom is 0.289 e. The molecular weight excluding hydrogens is 232 g/mol. The summed E-state index contributed by atoms with van der Waals surface area (Å²) in [4.78, 5) is 13.8. The highest BCUT2D eigenvalue weighted by Crippen LogP contribution is 2.19. The minimum atomic E-state index is -0.529. The Balaban J connectivity index is 3.08. The smallest absolute Gasteiger partial charge is 0.289 e. The third-order valence-corrected chi connectivity index (χ3v) is 1.87. The van der Waals surface area contributed by atoms with Crippen LogP contribution in [-0.2, 0) is 0 Å². The largest absolute Gasteiger partial charge is 0.480 e. The second kappa shape index (κ2) is 5.93. The SMILES string of the molecule is COc1ncc([N+](=O)[O-])cc1C#CCCCl. The first-order valence-corrected chi connectivity index (χ1v) is 4.95. The molecule has 0 saturated heterocycles. The molecule has 1 aromatic rings. The molecule has 0 aliphatic carbocycles. The monoisotopic (exact) mass is 240 g/mol. The molecule has 84 valence electrons. The predicted octanol–water partition coefficient (Wildman–Crippen LogP) is 1.98. The van der Waals surface area contributed by atoms with E-state index < -0.39 is 4.92 Å². The van der Waals surface area contributed by atoms with Gasteiger partial charge >= 0.3 is 0 Å². The molecule has 0 radical (unpaired) electrons. The molecule has 0 N–H and O–H groups in total. The third-order valence-electron chi connectivity index (χ3n) is 1.68. The van der Waals surface area contributed by atoms with Crippen molar-refractivity contribution in [2.45, 2.75) is 6.42 Å². The molecule has 0 saturated carbocycles. The number of nitrogens with zero attached hydrogens (tertiary/aromatic N) is 2. The van der Waals surface area contributed by atoms with E-state index in [0.29, 0.717) is 17.9 Å². The van der Waals surface area contributed by atoms with Gasteiger partial charge in [0.2, 0.25) is 5.88 Å². The summed E-state index contributed by atoms with van der Waals surface area (Å²) in [6, 6.07) is 1.33. The average Bonchev–Trinajstić information content (AvgIpc) is 2.29. The van der Waals surface area contributed by atoms with Crippen LogP contribution in [0.5, 0.6) is 5.88 Å². The van der Waals surface area contributed by atoms with Crippen molar-refractivity contribution in [2.75, 3.05) is 13.0 Å². The number of aromatic nitrogens is 1. The molecule has 1 aromatic heterocycles. The molecule has 0 aliphatic rings. The van der Waals surface area contributed by atoms with Crippen LogP contribution in [-0.4, -0.2) is 22.9 Å². The van der Waals surface area contributed by atoms with Crippen LogP contribution in [0.2, 0.25) is 0 Å². The van der Waals surface area contributed by atoms with Crippen LogP contribution in [0.3, 0.4) is 0 Å². The Hall–Kier alpha value is -1.80. The summed E-state index contributed by atoms with van der Waals surface area (Å²) >= 11 is 5.47. The molecule has 0 spiro atoms. The number of alkyl halides is 1. The van der Waals surface area contributed by atoms with Gasteiger partial charge in [0.05, 0.1) is 17.6 Å². The first kappa shape index (κ1) is 12.3. The maximum absolute atomic E-state index is 10.5. The van der Waals surface area contributed by atoms with Crippen molar-refractivity contribution in [1.29, 1.82) is 0 Å². The molecule has 0 amide bonds. The van der Waals surface area contributed by atoms with E-state index in [9.17, 15) is 10.1 Å². The Bertz CT molecular complexity index is 451. The van der Waals surface area contributed by atoms with E-state index in [0.717, 1.165) is 6.20 Å². The van der Waals surface area contributed by atoms with E-state index in [1.165, 1.54) is 13.2 Å². The van der Waals surface area contributed by atoms with Crippen LogP contribution in [0, 0.1) is 22.0 Å². The minimum absolute atomic E-state index is 0.115. The summed E-state index contributed by atoms with van der Waals surface area (Å²) in [5.41, 5.74) is 0.276. The molecule has 0 atom stereocenters. The lowest BCUT2D eigenvalue weighted by molar-refractivity contribution is -0.385. The molecule has 0 unspecified atom stereocenters. The lowest BCUT2D eigenvalue weighted by Gasteiger charge is -2.00. The zero-order chi connectivity index (χ0) is 12.0. The topological polar surface area (TPSA) is 65.3 Å². The third kappa shape index (κ3) is 3.11. The van der Waals surface area contributed by atoms with Crippen molar-refractivity contribution in [3.05, 3.63) is 27.9 Å². The van der Waals surface area contributed by atoms with E-state index in [2.05, 4.69) is 16.8 Å². The lowest BCUT2D eigenvalue weighted by atomic mass is 10.2. The van der Waals surface area contributed by atoms with Gasteiger partial charge in [0, 0.05) is 18.4 Å². The summed E-state index contributed by atoms with van der Waals surface area (Å²) < 4.78 is 4.94. The van der Waals surface area contributed by atoms with E-state index >= 15 is 0 Å². The predicted molar refractivity (Wildman–Crippen MR) is 59.7 cm³/mol. The average molecular weight is 241 g/mol. The molecule has 0 bridgehead atoms. The van der Waals surface area contributed by atoms with Crippen molar-refractivity contribution < 1.29 is 9.66 Å². The summed E-state index contributed by atoms with van der Waals surface area (Å²) in [7, 11) is 1.43. The zero-order valence-corrected chi connectivity index (χ0v) is 9.32. The number of halogens is 1. The molecule has 1 heterocycles. The van der Waals surface area contributed by atoms with E-state index in [1.54, 1.807) is 0 Å². The standard InChI is InChI=1S/C10H9ClN2O3/c1-16-10-8(4-2-3-5-11)6-9(7-12-10)13(14)15/h6-7H,3,5H2,1H3. The van der Waals surface area contributed by atoms with Gasteiger partial charge in [-0.3, -0.25) is 10.1 Å². The Kier molecular flexibility index (Phi) is 4.55. The first-order valence-electron chi connectivity index (χ1n) is 4.42.